The molecule has 1 aromatic rings. The van der Waals surface area contributed by atoms with E-state index in [0.29, 0.717) is 31.3 Å². The molecule has 1 aromatic carbocycles. The molecule has 19 heavy (non-hydrogen) atoms. The van der Waals surface area contributed by atoms with Crippen molar-refractivity contribution >= 4 is 5.78 Å². The number of benzene rings is 1. The summed E-state index contributed by atoms with van der Waals surface area (Å²) in [6, 6.07) is 10.3. The molecule has 0 N–H and O–H groups in total. The third-order valence-electron chi connectivity index (χ3n) is 4.44. The van der Waals surface area contributed by atoms with Gasteiger partial charge in [-0.05, 0) is 24.3 Å². The van der Waals surface area contributed by atoms with Gasteiger partial charge in [0.25, 0.3) is 0 Å². The molecule has 104 valence electrons. The Morgan fingerprint density at radius 2 is 1.89 bits per heavy atom. The summed E-state index contributed by atoms with van der Waals surface area (Å²) in [7, 11) is 0. The fourth-order valence-electron chi connectivity index (χ4n) is 2.86. The summed E-state index contributed by atoms with van der Waals surface area (Å²) >= 11 is 0. The molecule has 0 saturated carbocycles. The van der Waals surface area contributed by atoms with Crippen LogP contribution >= 0.6 is 0 Å². The minimum Gasteiger partial charge on any atom is -0.381 e. The SMILES string of the molecule is CCC(C)CC(=O)C1(c2ccccc2)CCOCC1. The largest absolute Gasteiger partial charge is 0.381 e. The summed E-state index contributed by atoms with van der Waals surface area (Å²) in [6.07, 6.45) is 3.40. The molecule has 0 aliphatic carbocycles. The van der Waals surface area contributed by atoms with Crippen LogP contribution in [0.5, 0.6) is 0 Å². The normalized spacial score (nSPS) is 19.9. The van der Waals surface area contributed by atoms with Crippen molar-refractivity contribution in [3.05, 3.63) is 35.9 Å². The van der Waals surface area contributed by atoms with Crippen LogP contribution in [-0.2, 0) is 14.9 Å². The van der Waals surface area contributed by atoms with Crippen molar-refractivity contribution in [3.63, 3.8) is 0 Å². The fraction of sp³-hybridized carbons (Fsp3) is 0.588. The van der Waals surface area contributed by atoms with Crippen molar-refractivity contribution in [1.29, 1.82) is 0 Å². The number of rotatable bonds is 5. The molecule has 1 aliphatic rings. The van der Waals surface area contributed by atoms with E-state index in [4.69, 9.17) is 4.74 Å². The summed E-state index contributed by atoms with van der Waals surface area (Å²) in [5.41, 5.74) is 0.870. The highest BCUT2D eigenvalue weighted by atomic mass is 16.5. The van der Waals surface area contributed by atoms with E-state index in [-0.39, 0.29) is 5.41 Å². The number of hydrogen-bond acceptors (Lipinski definition) is 2. The molecular formula is C17H24O2. The topological polar surface area (TPSA) is 26.3 Å². The first-order valence-electron chi connectivity index (χ1n) is 7.35. The summed E-state index contributed by atoms with van der Waals surface area (Å²) < 4.78 is 5.48. The molecule has 1 unspecified atom stereocenters. The van der Waals surface area contributed by atoms with Gasteiger partial charge in [-0.3, -0.25) is 4.79 Å². The minimum atomic E-state index is -0.303. The first kappa shape index (κ1) is 14.3. The smallest absolute Gasteiger partial charge is 0.143 e. The second-order valence-electron chi connectivity index (χ2n) is 5.70. The lowest BCUT2D eigenvalue weighted by Crippen LogP contribution is -2.42. The molecule has 1 heterocycles. The lowest BCUT2D eigenvalue weighted by atomic mass is 9.69. The van der Waals surface area contributed by atoms with Crippen molar-refractivity contribution in [2.24, 2.45) is 5.92 Å². The molecule has 1 saturated heterocycles. The van der Waals surface area contributed by atoms with E-state index >= 15 is 0 Å². The monoisotopic (exact) mass is 260 g/mol. The van der Waals surface area contributed by atoms with E-state index in [2.05, 4.69) is 26.0 Å². The van der Waals surface area contributed by atoms with Crippen LogP contribution < -0.4 is 0 Å². The van der Waals surface area contributed by atoms with Gasteiger partial charge in [0, 0.05) is 19.6 Å². The molecule has 1 fully saturated rings. The van der Waals surface area contributed by atoms with Crippen molar-refractivity contribution in [2.45, 2.75) is 44.9 Å². The Kier molecular flexibility index (Phi) is 4.76. The molecular weight excluding hydrogens is 236 g/mol. The average Bonchev–Trinajstić information content (AvgIpc) is 2.48. The lowest BCUT2D eigenvalue weighted by Gasteiger charge is -2.37. The van der Waals surface area contributed by atoms with Gasteiger partial charge < -0.3 is 4.74 Å². The standard InChI is InChI=1S/C17H24O2/c1-3-14(2)13-16(18)17(9-11-19-12-10-17)15-7-5-4-6-8-15/h4-8,14H,3,9-13H2,1-2H3. The van der Waals surface area contributed by atoms with E-state index in [9.17, 15) is 4.79 Å². The summed E-state index contributed by atoms with van der Waals surface area (Å²) in [4.78, 5) is 12.8. The number of ketones is 1. The van der Waals surface area contributed by atoms with E-state index in [0.717, 1.165) is 19.3 Å². The summed E-state index contributed by atoms with van der Waals surface area (Å²) in [6.45, 7) is 5.70. The second-order valence-corrected chi connectivity index (χ2v) is 5.70. The Labute approximate surface area is 116 Å². The van der Waals surface area contributed by atoms with Gasteiger partial charge in [0.2, 0.25) is 0 Å². The van der Waals surface area contributed by atoms with E-state index in [1.54, 1.807) is 0 Å². The third kappa shape index (κ3) is 3.06. The van der Waals surface area contributed by atoms with E-state index in [1.165, 1.54) is 5.56 Å². The summed E-state index contributed by atoms with van der Waals surface area (Å²) in [5, 5.41) is 0. The van der Waals surface area contributed by atoms with Crippen LogP contribution in [0.25, 0.3) is 0 Å². The maximum Gasteiger partial charge on any atom is 0.143 e. The summed E-state index contributed by atoms with van der Waals surface area (Å²) in [5.74, 6) is 0.868. The number of Topliss-reactive ketones (excluding diaryl/α,β-unsaturated/α-hetero) is 1. The highest BCUT2D eigenvalue weighted by molar-refractivity contribution is 5.90. The maximum absolute atomic E-state index is 12.8. The quantitative estimate of drug-likeness (QED) is 0.806. The van der Waals surface area contributed by atoms with Gasteiger partial charge in [0.1, 0.15) is 5.78 Å². The highest BCUT2D eigenvalue weighted by Gasteiger charge is 2.41. The molecule has 1 atom stereocenters. The zero-order valence-corrected chi connectivity index (χ0v) is 12.0. The van der Waals surface area contributed by atoms with Gasteiger partial charge in [-0.2, -0.15) is 0 Å². The van der Waals surface area contributed by atoms with Gasteiger partial charge >= 0.3 is 0 Å². The molecule has 0 aromatic heterocycles. The van der Waals surface area contributed by atoms with Crippen molar-refractivity contribution in [2.75, 3.05) is 13.2 Å². The molecule has 2 rings (SSSR count). The third-order valence-corrected chi connectivity index (χ3v) is 4.44. The highest BCUT2D eigenvalue weighted by Crippen LogP contribution is 2.37. The molecule has 0 bridgehead atoms. The number of carbonyl (C=O) groups excluding carboxylic acids is 1. The van der Waals surface area contributed by atoms with Gasteiger partial charge in [-0.15, -0.1) is 0 Å². The number of hydrogen-bond donors (Lipinski definition) is 0. The molecule has 2 heteroatoms. The zero-order valence-electron chi connectivity index (χ0n) is 12.0. The van der Waals surface area contributed by atoms with Gasteiger partial charge in [-0.1, -0.05) is 50.6 Å². The molecule has 2 nitrogen and oxygen atoms in total. The van der Waals surface area contributed by atoms with Crippen LogP contribution in [-0.4, -0.2) is 19.0 Å². The Bertz CT molecular complexity index is 405. The molecule has 0 radical (unpaired) electrons. The van der Waals surface area contributed by atoms with Crippen molar-refractivity contribution < 1.29 is 9.53 Å². The Hall–Kier alpha value is -1.15. The number of ether oxygens (including phenoxy) is 1. The maximum atomic E-state index is 12.8. The lowest BCUT2D eigenvalue weighted by molar-refractivity contribution is -0.129. The van der Waals surface area contributed by atoms with Crippen LogP contribution in [0.2, 0.25) is 0 Å². The van der Waals surface area contributed by atoms with Gasteiger partial charge in [0.05, 0.1) is 5.41 Å². The second kappa shape index (κ2) is 6.33. The van der Waals surface area contributed by atoms with Crippen LogP contribution in [0.1, 0.15) is 45.1 Å². The average molecular weight is 260 g/mol. The Morgan fingerprint density at radius 1 is 1.26 bits per heavy atom. The van der Waals surface area contributed by atoms with E-state index < -0.39 is 0 Å². The Morgan fingerprint density at radius 3 is 2.47 bits per heavy atom. The van der Waals surface area contributed by atoms with Gasteiger partial charge in [0.15, 0.2) is 0 Å². The first-order valence-corrected chi connectivity index (χ1v) is 7.35. The van der Waals surface area contributed by atoms with Crippen molar-refractivity contribution in [1.82, 2.24) is 0 Å². The number of carbonyl (C=O) groups is 1. The van der Waals surface area contributed by atoms with Gasteiger partial charge in [-0.25, -0.2) is 0 Å². The Balaban J connectivity index is 2.27. The van der Waals surface area contributed by atoms with E-state index in [1.807, 2.05) is 18.2 Å². The first-order chi connectivity index (χ1) is 9.19. The molecule has 0 spiro atoms. The molecule has 0 amide bonds. The molecule has 1 aliphatic heterocycles. The van der Waals surface area contributed by atoms with Crippen LogP contribution in [0.3, 0.4) is 0 Å². The van der Waals surface area contributed by atoms with Crippen LogP contribution in [0.15, 0.2) is 30.3 Å². The predicted octanol–water partition coefficient (Wildman–Crippen LogP) is 3.74. The van der Waals surface area contributed by atoms with Crippen LogP contribution in [0, 0.1) is 5.92 Å². The zero-order chi connectivity index (χ0) is 13.7. The minimum absolute atomic E-state index is 0.303. The van der Waals surface area contributed by atoms with Crippen molar-refractivity contribution in [3.8, 4) is 0 Å². The predicted molar refractivity (Wildman–Crippen MR) is 77.3 cm³/mol. The van der Waals surface area contributed by atoms with Crippen LogP contribution in [0.4, 0.5) is 0 Å². The fourth-order valence-corrected chi connectivity index (χ4v) is 2.86.